The summed E-state index contributed by atoms with van der Waals surface area (Å²) in [6.07, 6.45) is 0. The Bertz CT molecular complexity index is 1390. The van der Waals surface area contributed by atoms with E-state index in [0.717, 1.165) is 43.4 Å². The summed E-state index contributed by atoms with van der Waals surface area (Å²) >= 11 is 9.38. The van der Waals surface area contributed by atoms with Crippen molar-refractivity contribution in [3.8, 4) is 0 Å². The number of halogens is 1. The minimum atomic E-state index is -1.01. The highest BCUT2D eigenvalue weighted by Crippen LogP contribution is 2.54. The third-order valence-corrected chi connectivity index (χ3v) is 7.38. The Morgan fingerprint density at radius 2 is 1.71 bits per heavy atom. The topological polar surface area (TPSA) is 48.1 Å². The molecule has 2 aliphatic rings. The van der Waals surface area contributed by atoms with Gasteiger partial charge in [-0.3, -0.25) is 4.79 Å². The molecule has 6 rings (SSSR count). The summed E-state index contributed by atoms with van der Waals surface area (Å²) in [5, 5.41) is 4.60. The van der Waals surface area contributed by atoms with Crippen LogP contribution in [0.15, 0.2) is 77.3 Å². The van der Waals surface area contributed by atoms with Crippen molar-refractivity contribution < 1.29 is 4.79 Å². The van der Waals surface area contributed by atoms with Crippen molar-refractivity contribution >= 4 is 55.6 Å². The molecule has 0 saturated carbocycles. The molecule has 2 aliphatic heterocycles. The van der Waals surface area contributed by atoms with Gasteiger partial charge in [-0.1, -0.05) is 76.7 Å². The van der Waals surface area contributed by atoms with Crippen molar-refractivity contribution in [3.63, 3.8) is 0 Å². The number of hydrogen-bond donors (Lipinski definition) is 2. The molecule has 0 aliphatic carbocycles. The number of aromatic amines is 1. The fraction of sp³-hybridized carbons (Fsp3) is 0.120. The number of hydrogen-bond acceptors (Lipinski definition) is 2. The second-order valence-corrected chi connectivity index (χ2v) is 9.41. The summed E-state index contributed by atoms with van der Waals surface area (Å²) < 4.78 is 0.999. The van der Waals surface area contributed by atoms with Gasteiger partial charge >= 0.3 is 0 Å². The predicted octanol–water partition coefficient (Wildman–Crippen LogP) is 5.21. The van der Waals surface area contributed by atoms with Crippen molar-refractivity contribution in [1.82, 2.24) is 10.3 Å². The molecule has 2 atom stereocenters. The molecule has 3 heterocycles. The van der Waals surface area contributed by atoms with Gasteiger partial charge in [0.05, 0.1) is 5.69 Å². The number of benzene rings is 3. The van der Waals surface area contributed by atoms with Crippen molar-refractivity contribution in [3.05, 3.63) is 99.7 Å². The monoisotopic (exact) mass is 487 g/mol. The van der Waals surface area contributed by atoms with Crippen LogP contribution in [0.3, 0.4) is 0 Å². The van der Waals surface area contributed by atoms with E-state index in [4.69, 9.17) is 12.2 Å². The zero-order valence-electron chi connectivity index (χ0n) is 16.6. The standard InChI is InChI=1S/C25H18BrN3OS/c1-29-19-9-5-3-7-17(19)25(24(29)30)21(14-10-12-15(26)13-11-14)20-16-6-2-4-8-18(16)27-22(20)23(31)28-25/h2-13,21,27H,1H3,(H,28,31). The van der Waals surface area contributed by atoms with E-state index < -0.39 is 5.54 Å². The second kappa shape index (κ2) is 6.52. The zero-order chi connectivity index (χ0) is 21.3. The molecular weight excluding hydrogens is 470 g/mol. The second-order valence-electron chi connectivity index (χ2n) is 8.09. The Hall–Kier alpha value is -2.96. The van der Waals surface area contributed by atoms with E-state index in [1.807, 2.05) is 55.6 Å². The number of fused-ring (bicyclic) bond motifs is 5. The lowest BCUT2D eigenvalue weighted by molar-refractivity contribution is -0.124. The number of likely N-dealkylation sites (N-methyl/N-ethyl adjacent to an activating group) is 1. The molecule has 0 saturated heterocycles. The first-order valence-electron chi connectivity index (χ1n) is 10.1. The molecule has 2 unspecified atom stereocenters. The van der Waals surface area contributed by atoms with Crippen molar-refractivity contribution in [2.45, 2.75) is 11.5 Å². The summed E-state index contributed by atoms with van der Waals surface area (Å²) in [7, 11) is 1.84. The molecule has 152 valence electrons. The largest absolute Gasteiger partial charge is 0.356 e. The molecule has 4 nitrogen and oxygen atoms in total. The minimum absolute atomic E-state index is 0.0000927. The molecule has 31 heavy (non-hydrogen) atoms. The minimum Gasteiger partial charge on any atom is -0.356 e. The molecule has 1 spiro atoms. The number of rotatable bonds is 1. The molecule has 1 amide bonds. The zero-order valence-corrected chi connectivity index (χ0v) is 19.0. The first-order chi connectivity index (χ1) is 15.0. The maximum atomic E-state index is 14.0. The number of H-pyrrole nitrogens is 1. The Morgan fingerprint density at radius 1 is 1.00 bits per heavy atom. The van der Waals surface area contributed by atoms with Gasteiger partial charge in [0, 0.05) is 39.6 Å². The highest BCUT2D eigenvalue weighted by atomic mass is 79.9. The average molecular weight is 488 g/mol. The summed E-state index contributed by atoms with van der Waals surface area (Å²) in [5.74, 6) is -0.253. The highest BCUT2D eigenvalue weighted by molar-refractivity contribution is 9.10. The van der Waals surface area contributed by atoms with E-state index in [2.05, 4.69) is 50.5 Å². The molecule has 6 heteroatoms. The predicted molar refractivity (Wildman–Crippen MR) is 131 cm³/mol. The molecule has 2 N–H and O–H groups in total. The molecule has 0 radical (unpaired) electrons. The Morgan fingerprint density at radius 3 is 2.52 bits per heavy atom. The van der Waals surface area contributed by atoms with E-state index in [-0.39, 0.29) is 11.8 Å². The number of anilines is 1. The van der Waals surface area contributed by atoms with Gasteiger partial charge in [0.1, 0.15) is 4.99 Å². The summed E-state index contributed by atoms with van der Waals surface area (Å²) in [5.41, 5.74) is 4.89. The van der Waals surface area contributed by atoms with Crippen LogP contribution in [0.2, 0.25) is 0 Å². The molecule has 4 aromatic rings. The SMILES string of the molecule is CN1C(=O)C2(NC(=S)c3[nH]c4ccccc4c3C2c2ccc(Br)cc2)c2ccccc21. The van der Waals surface area contributed by atoms with Gasteiger partial charge in [0.2, 0.25) is 0 Å². The van der Waals surface area contributed by atoms with Gasteiger partial charge in [-0.2, -0.15) is 0 Å². The maximum Gasteiger partial charge on any atom is 0.258 e. The van der Waals surface area contributed by atoms with Crippen LogP contribution in [0.5, 0.6) is 0 Å². The average Bonchev–Trinajstić information content (AvgIpc) is 3.27. The first kappa shape index (κ1) is 18.8. The van der Waals surface area contributed by atoms with Crippen LogP contribution in [0.1, 0.15) is 28.3 Å². The van der Waals surface area contributed by atoms with Gasteiger partial charge in [-0.15, -0.1) is 0 Å². The van der Waals surface area contributed by atoms with Crippen molar-refractivity contribution in [2.75, 3.05) is 11.9 Å². The molecule has 0 fully saturated rings. The fourth-order valence-electron chi connectivity index (χ4n) is 5.23. The summed E-state index contributed by atoms with van der Waals surface area (Å²) in [4.78, 5) is 19.8. The lowest BCUT2D eigenvalue weighted by Gasteiger charge is -2.42. The highest BCUT2D eigenvalue weighted by Gasteiger charge is 2.59. The third kappa shape index (κ3) is 2.40. The molecule has 0 bridgehead atoms. The summed E-state index contributed by atoms with van der Waals surface area (Å²) in [6, 6.07) is 24.4. The Labute approximate surface area is 193 Å². The van der Waals surface area contributed by atoms with Gasteiger partial charge in [0.15, 0.2) is 5.54 Å². The van der Waals surface area contributed by atoms with Crippen molar-refractivity contribution in [2.24, 2.45) is 0 Å². The fourth-order valence-corrected chi connectivity index (χ4v) is 5.82. The molecular formula is C25H18BrN3OS. The number of amides is 1. The van der Waals surface area contributed by atoms with Gasteiger partial charge in [0.25, 0.3) is 5.91 Å². The normalized spacial score (nSPS) is 22.0. The number of thiocarbonyl (C=S) groups is 1. The van der Waals surface area contributed by atoms with Crippen molar-refractivity contribution in [1.29, 1.82) is 0 Å². The number of para-hydroxylation sites is 2. The van der Waals surface area contributed by atoms with Crippen LogP contribution in [0, 0.1) is 0 Å². The van der Waals surface area contributed by atoms with Crippen LogP contribution in [0.25, 0.3) is 10.9 Å². The van der Waals surface area contributed by atoms with E-state index >= 15 is 0 Å². The van der Waals surface area contributed by atoms with Crippen LogP contribution < -0.4 is 10.2 Å². The van der Waals surface area contributed by atoms with Gasteiger partial charge in [-0.25, -0.2) is 0 Å². The van der Waals surface area contributed by atoms with Crippen LogP contribution in [-0.2, 0) is 10.3 Å². The smallest absolute Gasteiger partial charge is 0.258 e. The van der Waals surface area contributed by atoms with E-state index in [0.29, 0.717) is 4.99 Å². The quantitative estimate of drug-likeness (QED) is 0.362. The number of carbonyl (C=O) groups is 1. The maximum absolute atomic E-state index is 14.0. The number of nitrogens with one attached hydrogen (secondary N) is 2. The third-order valence-electron chi connectivity index (χ3n) is 6.54. The van der Waals surface area contributed by atoms with Crippen LogP contribution >= 0.6 is 28.1 Å². The van der Waals surface area contributed by atoms with Crippen LogP contribution in [-0.4, -0.2) is 22.9 Å². The Kier molecular flexibility index (Phi) is 3.95. The number of carbonyl (C=O) groups excluding carboxylic acids is 1. The van der Waals surface area contributed by atoms with E-state index in [1.165, 1.54) is 0 Å². The lowest BCUT2D eigenvalue weighted by atomic mass is 9.69. The van der Waals surface area contributed by atoms with Gasteiger partial charge in [-0.05, 0) is 35.4 Å². The lowest BCUT2D eigenvalue weighted by Crippen LogP contribution is -2.59. The molecule has 3 aromatic carbocycles. The summed E-state index contributed by atoms with van der Waals surface area (Å²) in [6.45, 7) is 0. The van der Waals surface area contributed by atoms with E-state index in [9.17, 15) is 4.79 Å². The molecule has 1 aromatic heterocycles. The van der Waals surface area contributed by atoms with Crippen LogP contribution in [0.4, 0.5) is 5.69 Å². The first-order valence-corrected chi connectivity index (χ1v) is 11.3. The number of aromatic nitrogens is 1. The van der Waals surface area contributed by atoms with Gasteiger partial charge < -0.3 is 15.2 Å². The number of nitrogens with zero attached hydrogens (tertiary/aromatic N) is 1. The van der Waals surface area contributed by atoms with E-state index in [1.54, 1.807) is 4.90 Å². The Balaban J connectivity index is 1.74.